The molecule has 3 aliphatic rings. The van der Waals surface area contributed by atoms with Crippen molar-refractivity contribution in [1.29, 1.82) is 0 Å². The molecule has 0 radical (unpaired) electrons. The molecule has 4 nitrogen and oxygen atoms in total. The van der Waals surface area contributed by atoms with E-state index in [0.29, 0.717) is 11.8 Å². The Balaban J connectivity index is 0.00000196. The number of halogens is 1. The van der Waals surface area contributed by atoms with Crippen LogP contribution < -0.4 is 10.6 Å². The van der Waals surface area contributed by atoms with Crippen molar-refractivity contribution in [2.45, 2.75) is 32.1 Å². The standard InChI is InChI=1S/C21H31N3O.ClH/c25-20(23-10-13-24-11-8-22-9-12-24)21(15-17-4-2-1-3-5-17)16-18-6-7-19(21)14-18;/h1-5,18-19,22H,6-16H2,(H,23,25);1H. The van der Waals surface area contributed by atoms with E-state index in [0.717, 1.165) is 58.0 Å². The van der Waals surface area contributed by atoms with Crippen molar-refractivity contribution in [3.63, 3.8) is 0 Å². The maximum absolute atomic E-state index is 13.3. The van der Waals surface area contributed by atoms with Gasteiger partial charge in [-0.2, -0.15) is 0 Å². The first-order valence-corrected chi connectivity index (χ1v) is 10.0. The number of piperazine rings is 1. The van der Waals surface area contributed by atoms with Crippen molar-refractivity contribution in [1.82, 2.24) is 15.5 Å². The summed E-state index contributed by atoms with van der Waals surface area (Å²) in [5.74, 6) is 1.67. The van der Waals surface area contributed by atoms with Gasteiger partial charge in [0.15, 0.2) is 0 Å². The Kier molecular flexibility index (Phi) is 6.60. The Morgan fingerprint density at radius 2 is 1.96 bits per heavy atom. The molecule has 3 atom stereocenters. The number of hydrogen-bond acceptors (Lipinski definition) is 3. The second-order valence-electron chi connectivity index (χ2n) is 8.25. The van der Waals surface area contributed by atoms with Crippen LogP contribution in [-0.2, 0) is 11.2 Å². The quantitative estimate of drug-likeness (QED) is 0.800. The molecule has 1 aromatic carbocycles. The molecule has 1 aromatic rings. The van der Waals surface area contributed by atoms with Gasteiger partial charge in [-0.25, -0.2) is 0 Å². The van der Waals surface area contributed by atoms with Crippen LogP contribution in [0.15, 0.2) is 30.3 Å². The first-order chi connectivity index (χ1) is 12.3. The molecular formula is C21H32ClN3O. The van der Waals surface area contributed by atoms with Crippen LogP contribution in [0.3, 0.4) is 0 Å². The van der Waals surface area contributed by atoms with Gasteiger partial charge in [-0.1, -0.05) is 36.8 Å². The summed E-state index contributed by atoms with van der Waals surface area (Å²) in [6.45, 7) is 6.08. The lowest BCUT2D eigenvalue weighted by Gasteiger charge is -2.37. The van der Waals surface area contributed by atoms with E-state index in [1.807, 2.05) is 0 Å². The first-order valence-electron chi connectivity index (χ1n) is 10.0. The summed E-state index contributed by atoms with van der Waals surface area (Å²) in [5, 5.41) is 6.70. The summed E-state index contributed by atoms with van der Waals surface area (Å²) >= 11 is 0. The smallest absolute Gasteiger partial charge is 0.226 e. The molecule has 1 saturated heterocycles. The van der Waals surface area contributed by atoms with E-state index in [-0.39, 0.29) is 17.8 Å². The Bertz CT molecular complexity index is 590. The fraction of sp³-hybridized carbons (Fsp3) is 0.667. The molecule has 144 valence electrons. The molecule has 3 fully saturated rings. The molecule has 1 heterocycles. The number of nitrogens with zero attached hydrogens (tertiary/aromatic N) is 1. The molecule has 1 aliphatic heterocycles. The zero-order valence-corrected chi connectivity index (χ0v) is 16.4. The number of amides is 1. The average molecular weight is 378 g/mol. The summed E-state index contributed by atoms with van der Waals surface area (Å²) in [5.41, 5.74) is 1.15. The lowest BCUT2D eigenvalue weighted by Crippen LogP contribution is -2.50. The Morgan fingerprint density at radius 3 is 2.62 bits per heavy atom. The highest BCUT2D eigenvalue weighted by atomic mass is 35.5. The third kappa shape index (κ3) is 4.08. The van der Waals surface area contributed by atoms with Crippen molar-refractivity contribution >= 4 is 18.3 Å². The molecular weight excluding hydrogens is 346 g/mol. The second kappa shape index (κ2) is 8.73. The average Bonchev–Trinajstić information content (AvgIpc) is 3.25. The Labute approximate surface area is 163 Å². The van der Waals surface area contributed by atoms with Crippen molar-refractivity contribution < 1.29 is 4.79 Å². The van der Waals surface area contributed by atoms with Crippen molar-refractivity contribution in [2.24, 2.45) is 17.3 Å². The van der Waals surface area contributed by atoms with E-state index < -0.39 is 0 Å². The second-order valence-corrected chi connectivity index (χ2v) is 8.25. The molecule has 0 spiro atoms. The molecule has 4 rings (SSSR count). The van der Waals surface area contributed by atoms with Crippen LogP contribution in [0.4, 0.5) is 0 Å². The summed E-state index contributed by atoms with van der Waals surface area (Å²) in [7, 11) is 0. The fourth-order valence-electron chi connectivity index (χ4n) is 5.42. The predicted molar refractivity (Wildman–Crippen MR) is 108 cm³/mol. The van der Waals surface area contributed by atoms with Crippen LogP contribution in [0.25, 0.3) is 0 Å². The number of benzene rings is 1. The lowest BCUT2D eigenvalue weighted by molar-refractivity contribution is -0.134. The van der Waals surface area contributed by atoms with Gasteiger partial charge >= 0.3 is 0 Å². The first kappa shape index (κ1) is 19.7. The third-order valence-corrected chi connectivity index (χ3v) is 6.71. The van der Waals surface area contributed by atoms with Gasteiger partial charge < -0.3 is 10.6 Å². The van der Waals surface area contributed by atoms with Crippen LogP contribution in [-0.4, -0.2) is 50.1 Å². The third-order valence-electron chi connectivity index (χ3n) is 6.71. The topological polar surface area (TPSA) is 44.4 Å². The van der Waals surface area contributed by atoms with E-state index in [1.165, 1.54) is 24.8 Å². The van der Waals surface area contributed by atoms with Gasteiger partial charge in [0.1, 0.15) is 0 Å². The van der Waals surface area contributed by atoms with Crippen LogP contribution in [0.2, 0.25) is 0 Å². The molecule has 2 N–H and O–H groups in total. The SMILES string of the molecule is Cl.O=C(NCCN1CCNCC1)C1(Cc2ccccc2)CC2CCC1C2. The number of hydrogen-bond donors (Lipinski definition) is 2. The monoisotopic (exact) mass is 377 g/mol. The van der Waals surface area contributed by atoms with E-state index in [9.17, 15) is 4.79 Å². The maximum atomic E-state index is 13.3. The minimum atomic E-state index is -0.159. The molecule has 2 aliphatic carbocycles. The molecule has 3 unspecified atom stereocenters. The summed E-state index contributed by atoms with van der Waals surface area (Å²) in [6.07, 6.45) is 5.83. The number of nitrogens with one attached hydrogen (secondary N) is 2. The number of carbonyl (C=O) groups excluding carboxylic acids is 1. The highest BCUT2D eigenvalue weighted by Gasteiger charge is 2.55. The van der Waals surface area contributed by atoms with Crippen LogP contribution in [0.1, 0.15) is 31.2 Å². The van der Waals surface area contributed by atoms with Crippen molar-refractivity contribution in [3.8, 4) is 0 Å². The van der Waals surface area contributed by atoms with E-state index in [4.69, 9.17) is 0 Å². The normalized spacial score (nSPS) is 30.8. The van der Waals surface area contributed by atoms with Gasteiger partial charge in [0, 0.05) is 39.3 Å². The molecule has 1 amide bonds. The van der Waals surface area contributed by atoms with Crippen molar-refractivity contribution in [3.05, 3.63) is 35.9 Å². The van der Waals surface area contributed by atoms with Gasteiger partial charge in [-0.15, -0.1) is 12.4 Å². The lowest BCUT2D eigenvalue weighted by atomic mass is 9.68. The maximum Gasteiger partial charge on any atom is 0.226 e. The molecule has 26 heavy (non-hydrogen) atoms. The Hall–Kier alpha value is -1.10. The Morgan fingerprint density at radius 1 is 1.19 bits per heavy atom. The zero-order chi connectivity index (χ0) is 17.1. The summed E-state index contributed by atoms with van der Waals surface area (Å²) < 4.78 is 0. The van der Waals surface area contributed by atoms with Crippen LogP contribution >= 0.6 is 12.4 Å². The highest BCUT2D eigenvalue weighted by Crippen LogP contribution is 2.57. The van der Waals surface area contributed by atoms with Gasteiger partial charge in [0.05, 0.1) is 5.41 Å². The van der Waals surface area contributed by atoms with E-state index >= 15 is 0 Å². The highest BCUT2D eigenvalue weighted by molar-refractivity contribution is 5.85. The van der Waals surface area contributed by atoms with Crippen molar-refractivity contribution in [2.75, 3.05) is 39.3 Å². The molecule has 2 bridgehead atoms. The van der Waals surface area contributed by atoms with E-state index in [2.05, 4.69) is 45.9 Å². The molecule has 5 heteroatoms. The largest absolute Gasteiger partial charge is 0.354 e. The van der Waals surface area contributed by atoms with Gasteiger partial charge in [-0.05, 0) is 43.1 Å². The minimum absolute atomic E-state index is 0. The number of fused-ring (bicyclic) bond motifs is 2. The van der Waals surface area contributed by atoms with E-state index in [1.54, 1.807) is 0 Å². The minimum Gasteiger partial charge on any atom is -0.354 e. The zero-order valence-electron chi connectivity index (χ0n) is 15.6. The van der Waals surface area contributed by atoms with Crippen LogP contribution in [0, 0.1) is 17.3 Å². The summed E-state index contributed by atoms with van der Waals surface area (Å²) in [4.78, 5) is 15.7. The number of carbonyl (C=O) groups is 1. The predicted octanol–water partition coefficient (Wildman–Crippen LogP) is 2.48. The molecule has 0 aromatic heterocycles. The summed E-state index contributed by atoms with van der Waals surface area (Å²) in [6, 6.07) is 10.6. The van der Waals surface area contributed by atoms with Gasteiger partial charge in [0.25, 0.3) is 0 Å². The van der Waals surface area contributed by atoms with Gasteiger partial charge in [-0.3, -0.25) is 9.69 Å². The van der Waals surface area contributed by atoms with Gasteiger partial charge in [0.2, 0.25) is 5.91 Å². The molecule has 2 saturated carbocycles. The fourth-order valence-corrected chi connectivity index (χ4v) is 5.42. The number of rotatable bonds is 6. The van der Waals surface area contributed by atoms with Crippen LogP contribution in [0.5, 0.6) is 0 Å².